The Labute approximate surface area is 124 Å². The third kappa shape index (κ3) is 3.48. The first-order chi connectivity index (χ1) is 10.0. The number of aromatic nitrogens is 3. The summed E-state index contributed by atoms with van der Waals surface area (Å²) < 4.78 is 6.68. The van der Waals surface area contributed by atoms with Crippen LogP contribution in [-0.4, -0.2) is 27.6 Å². The Morgan fingerprint density at radius 1 is 1.29 bits per heavy atom. The lowest BCUT2D eigenvalue weighted by molar-refractivity contribution is 0.0518. The molecule has 0 aliphatic rings. The first-order valence-corrected chi connectivity index (χ1v) is 7.19. The summed E-state index contributed by atoms with van der Waals surface area (Å²) in [7, 11) is 0. The quantitative estimate of drug-likeness (QED) is 0.793. The zero-order chi connectivity index (χ0) is 15.4. The molecule has 0 bridgehead atoms. The molecule has 112 valence electrons. The molecule has 5 heteroatoms. The first-order valence-electron chi connectivity index (χ1n) is 7.19. The van der Waals surface area contributed by atoms with Gasteiger partial charge in [-0.1, -0.05) is 43.3 Å². The molecule has 1 aromatic carbocycles. The fourth-order valence-corrected chi connectivity index (χ4v) is 2.08. The molecule has 2 aromatic rings. The van der Waals surface area contributed by atoms with Gasteiger partial charge in [0.1, 0.15) is 0 Å². The van der Waals surface area contributed by atoms with Gasteiger partial charge in [0.2, 0.25) is 0 Å². The van der Waals surface area contributed by atoms with E-state index in [9.17, 15) is 4.79 Å². The van der Waals surface area contributed by atoms with Crippen LogP contribution in [0.3, 0.4) is 0 Å². The van der Waals surface area contributed by atoms with Crippen LogP contribution < -0.4 is 0 Å². The van der Waals surface area contributed by atoms with Crippen molar-refractivity contribution < 1.29 is 9.53 Å². The van der Waals surface area contributed by atoms with Crippen molar-refractivity contribution in [3.63, 3.8) is 0 Å². The number of ether oxygens (including phenoxy) is 1. The summed E-state index contributed by atoms with van der Waals surface area (Å²) in [6, 6.07) is 8.41. The Hall–Kier alpha value is -2.17. The highest BCUT2D eigenvalue weighted by atomic mass is 16.5. The summed E-state index contributed by atoms with van der Waals surface area (Å²) in [5, 5.41) is 7.95. The molecule has 0 spiro atoms. The highest BCUT2D eigenvalue weighted by molar-refractivity contribution is 5.88. The minimum Gasteiger partial charge on any atom is -0.461 e. The van der Waals surface area contributed by atoms with Gasteiger partial charge >= 0.3 is 5.97 Å². The van der Waals surface area contributed by atoms with Crippen molar-refractivity contribution in [1.29, 1.82) is 0 Å². The van der Waals surface area contributed by atoms with Gasteiger partial charge in [-0.2, -0.15) is 0 Å². The first kappa shape index (κ1) is 15.2. The number of carbonyl (C=O) groups is 1. The van der Waals surface area contributed by atoms with Gasteiger partial charge in [-0.25, -0.2) is 9.48 Å². The average Bonchev–Trinajstić information content (AvgIpc) is 2.81. The highest BCUT2D eigenvalue weighted by Gasteiger charge is 2.17. The molecule has 1 aromatic heterocycles. The predicted molar refractivity (Wildman–Crippen MR) is 80.3 cm³/mol. The second-order valence-corrected chi connectivity index (χ2v) is 5.30. The molecule has 0 aliphatic carbocycles. The fraction of sp³-hybridized carbons (Fsp3) is 0.438. The maximum absolute atomic E-state index is 11.7. The van der Waals surface area contributed by atoms with E-state index >= 15 is 0 Å². The van der Waals surface area contributed by atoms with E-state index in [1.54, 1.807) is 11.6 Å². The molecule has 1 heterocycles. The van der Waals surface area contributed by atoms with Crippen LogP contribution >= 0.6 is 0 Å². The van der Waals surface area contributed by atoms with Crippen LogP contribution in [0.25, 0.3) is 0 Å². The van der Waals surface area contributed by atoms with Gasteiger partial charge in [0, 0.05) is 0 Å². The summed E-state index contributed by atoms with van der Waals surface area (Å²) in [4.78, 5) is 11.7. The minimum absolute atomic E-state index is 0.288. The molecule has 5 nitrogen and oxygen atoms in total. The standard InChI is InChI=1S/C16H21N3O2/c1-5-21-16(20)15-12(4)19(18-17-15)10-13-6-8-14(9-7-13)11(2)3/h6-9,11H,5,10H2,1-4H3. The Bertz CT molecular complexity index is 615. The summed E-state index contributed by atoms with van der Waals surface area (Å²) in [5.74, 6) is 0.0963. The van der Waals surface area contributed by atoms with E-state index in [2.05, 4.69) is 48.4 Å². The number of benzene rings is 1. The van der Waals surface area contributed by atoms with Crippen molar-refractivity contribution in [2.45, 2.75) is 40.2 Å². The average molecular weight is 287 g/mol. The lowest BCUT2D eigenvalue weighted by Crippen LogP contribution is -2.09. The SMILES string of the molecule is CCOC(=O)c1nnn(Cc2ccc(C(C)C)cc2)c1C. The van der Waals surface area contributed by atoms with Crippen LogP contribution in [-0.2, 0) is 11.3 Å². The van der Waals surface area contributed by atoms with E-state index in [0.29, 0.717) is 19.1 Å². The molecule has 0 saturated heterocycles. The molecule has 0 aliphatic heterocycles. The number of esters is 1. The third-order valence-corrected chi connectivity index (χ3v) is 3.43. The minimum atomic E-state index is -0.420. The van der Waals surface area contributed by atoms with Crippen LogP contribution in [0.5, 0.6) is 0 Å². The maximum atomic E-state index is 11.7. The molecule has 0 radical (unpaired) electrons. The second-order valence-electron chi connectivity index (χ2n) is 5.30. The van der Waals surface area contributed by atoms with Crippen LogP contribution in [0, 0.1) is 6.92 Å². The van der Waals surface area contributed by atoms with Crippen molar-refractivity contribution in [3.8, 4) is 0 Å². The van der Waals surface area contributed by atoms with Crippen LogP contribution in [0.4, 0.5) is 0 Å². The van der Waals surface area contributed by atoms with Crippen LogP contribution in [0.1, 0.15) is 54.0 Å². The van der Waals surface area contributed by atoms with Crippen molar-refractivity contribution in [1.82, 2.24) is 15.0 Å². The Kier molecular flexibility index (Phi) is 4.73. The van der Waals surface area contributed by atoms with E-state index < -0.39 is 5.97 Å². The molecule has 0 amide bonds. The zero-order valence-corrected chi connectivity index (χ0v) is 13.0. The molecule has 21 heavy (non-hydrogen) atoms. The predicted octanol–water partition coefficient (Wildman–Crippen LogP) is 2.93. The van der Waals surface area contributed by atoms with E-state index in [1.165, 1.54) is 5.56 Å². The Morgan fingerprint density at radius 2 is 1.95 bits per heavy atom. The topological polar surface area (TPSA) is 57.0 Å². The van der Waals surface area contributed by atoms with E-state index in [4.69, 9.17) is 4.74 Å². The van der Waals surface area contributed by atoms with Gasteiger partial charge in [0.05, 0.1) is 18.8 Å². The molecule has 0 saturated carbocycles. The van der Waals surface area contributed by atoms with Crippen molar-refractivity contribution in [2.24, 2.45) is 0 Å². The lowest BCUT2D eigenvalue weighted by Gasteiger charge is -2.08. The van der Waals surface area contributed by atoms with E-state index in [1.807, 2.05) is 6.92 Å². The molecular formula is C16H21N3O2. The second kappa shape index (κ2) is 6.52. The number of carbonyl (C=O) groups excluding carboxylic acids is 1. The number of hydrogen-bond donors (Lipinski definition) is 0. The summed E-state index contributed by atoms with van der Waals surface area (Å²) in [6.07, 6.45) is 0. The molecule has 0 N–H and O–H groups in total. The van der Waals surface area contributed by atoms with Gasteiger partial charge in [-0.3, -0.25) is 0 Å². The maximum Gasteiger partial charge on any atom is 0.360 e. The fourth-order valence-electron chi connectivity index (χ4n) is 2.08. The smallest absolute Gasteiger partial charge is 0.360 e. The number of rotatable bonds is 5. The van der Waals surface area contributed by atoms with Gasteiger partial charge in [-0.15, -0.1) is 5.10 Å². The van der Waals surface area contributed by atoms with Crippen LogP contribution in [0.2, 0.25) is 0 Å². The lowest BCUT2D eigenvalue weighted by atomic mass is 10.0. The van der Waals surface area contributed by atoms with Crippen LogP contribution in [0.15, 0.2) is 24.3 Å². The van der Waals surface area contributed by atoms with Gasteiger partial charge in [0.25, 0.3) is 0 Å². The monoisotopic (exact) mass is 287 g/mol. The molecule has 2 rings (SSSR count). The summed E-state index contributed by atoms with van der Waals surface area (Å²) in [6.45, 7) is 8.87. The third-order valence-electron chi connectivity index (χ3n) is 3.43. The Balaban J connectivity index is 2.15. The number of nitrogens with zero attached hydrogens (tertiary/aromatic N) is 3. The summed E-state index contributed by atoms with van der Waals surface area (Å²) >= 11 is 0. The number of hydrogen-bond acceptors (Lipinski definition) is 4. The van der Waals surface area contributed by atoms with Gasteiger partial charge in [-0.05, 0) is 30.9 Å². The van der Waals surface area contributed by atoms with Crippen molar-refractivity contribution >= 4 is 5.97 Å². The normalized spacial score (nSPS) is 10.9. The van der Waals surface area contributed by atoms with E-state index in [0.717, 1.165) is 11.3 Å². The highest BCUT2D eigenvalue weighted by Crippen LogP contribution is 2.16. The Morgan fingerprint density at radius 3 is 2.52 bits per heavy atom. The molecule has 0 atom stereocenters. The molecule has 0 unspecified atom stereocenters. The van der Waals surface area contributed by atoms with Gasteiger partial charge in [0.15, 0.2) is 5.69 Å². The van der Waals surface area contributed by atoms with Crippen molar-refractivity contribution in [2.75, 3.05) is 6.61 Å². The molecule has 0 fully saturated rings. The molecular weight excluding hydrogens is 266 g/mol. The van der Waals surface area contributed by atoms with Crippen molar-refractivity contribution in [3.05, 3.63) is 46.8 Å². The van der Waals surface area contributed by atoms with Gasteiger partial charge < -0.3 is 4.74 Å². The largest absolute Gasteiger partial charge is 0.461 e. The zero-order valence-electron chi connectivity index (χ0n) is 13.0. The van der Waals surface area contributed by atoms with E-state index in [-0.39, 0.29) is 5.69 Å². The summed E-state index contributed by atoms with van der Waals surface area (Å²) in [5.41, 5.74) is 3.45.